The number of nitrogens with one attached hydrogen (secondary N) is 1. The Balaban J connectivity index is 2.35. The number of primary amides is 1. The molecule has 1 aromatic rings. The number of rotatable bonds is 8. The summed E-state index contributed by atoms with van der Waals surface area (Å²) in [5, 5.41) is 2.99. The van der Waals surface area contributed by atoms with E-state index in [4.69, 9.17) is 10.5 Å². The molecule has 0 aromatic heterocycles. The highest BCUT2D eigenvalue weighted by atomic mass is 32.2. The van der Waals surface area contributed by atoms with Crippen LogP contribution in [0.25, 0.3) is 0 Å². The zero-order valence-corrected chi connectivity index (χ0v) is 12.5. The van der Waals surface area contributed by atoms with Crippen LogP contribution in [-0.2, 0) is 4.79 Å². The van der Waals surface area contributed by atoms with Gasteiger partial charge in [-0.3, -0.25) is 4.79 Å². The van der Waals surface area contributed by atoms with Crippen molar-refractivity contribution < 1.29 is 9.53 Å². The molecule has 0 spiro atoms. The molecule has 19 heavy (non-hydrogen) atoms. The van der Waals surface area contributed by atoms with Gasteiger partial charge in [0.2, 0.25) is 5.91 Å². The molecule has 1 unspecified atom stereocenters. The molecule has 0 saturated carbocycles. The molecule has 0 radical (unpaired) electrons. The van der Waals surface area contributed by atoms with Crippen molar-refractivity contribution in [3.8, 4) is 5.75 Å². The Morgan fingerprint density at radius 1 is 1.42 bits per heavy atom. The molecule has 106 valence electrons. The summed E-state index contributed by atoms with van der Waals surface area (Å²) in [6.45, 7) is 1.84. The lowest BCUT2D eigenvalue weighted by Crippen LogP contribution is -2.51. The van der Waals surface area contributed by atoms with Crippen LogP contribution in [0.5, 0.6) is 5.75 Å². The van der Waals surface area contributed by atoms with Crippen molar-refractivity contribution in [3.63, 3.8) is 0 Å². The topological polar surface area (TPSA) is 64.3 Å². The molecule has 0 fully saturated rings. The highest BCUT2D eigenvalue weighted by Gasteiger charge is 2.27. The summed E-state index contributed by atoms with van der Waals surface area (Å²) in [6.07, 6.45) is 1.67. The number of nitrogens with two attached hydrogens (primary N) is 1. The van der Waals surface area contributed by atoms with Gasteiger partial charge in [-0.2, -0.15) is 0 Å². The summed E-state index contributed by atoms with van der Waals surface area (Å²) in [5.41, 5.74) is 4.77. The molecular weight excluding hydrogens is 260 g/mol. The summed E-state index contributed by atoms with van der Waals surface area (Å²) in [6, 6.07) is 7.97. The van der Waals surface area contributed by atoms with E-state index in [1.165, 1.54) is 4.90 Å². The van der Waals surface area contributed by atoms with Gasteiger partial charge in [0.1, 0.15) is 5.75 Å². The lowest BCUT2D eigenvalue weighted by Gasteiger charge is -2.25. The average molecular weight is 282 g/mol. The normalized spacial score (nSPS) is 13.8. The fourth-order valence-electron chi connectivity index (χ4n) is 1.66. The van der Waals surface area contributed by atoms with Crippen LogP contribution in [0.15, 0.2) is 29.2 Å². The van der Waals surface area contributed by atoms with E-state index in [0.29, 0.717) is 0 Å². The Bertz CT molecular complexity index is 408. The van der Waals surface area contributed by atoms with Gasteiger partial charge in [-0.15, -0.1) is 11.8 Å². The number of carbonyl (C=O) groups excluding carboxylic acids is 1. The summed E-state index contributed by atoms with van der Waals surface area (Å²) in [5.74, 6) is 1.52. The molecule has 1 amide bonds. The van der Waals surface area contributed by atoms with E-state index in [-0.39, 0.29) is 5.91 Å². The number of methoxy groups -OCH3 is 1. The van der Waals surface area contributed by atoms with E-state index in [2.05, 4.69) is 5.32 Å². The molecule has 0 bridgehead atoms. The maximum absolute atomic E-state index is 11.3. The van der Waals surface area contributed by atoms with E-state index in [1.807, 2.05) is 31.2 Å². The maximum atomic E-state index is 11.3. The number of benzene rings is 1. The van der Waals surface area contributed by atoms with Crippen LogP contribution >= 0.6 is 11.8 Å². The van der Waals surface area contributed by atoms with Crippen LogP contribution in [0.1, 0.15) is 19.8 Å². The molecule has 1 aromatic carbocycles. The van der Waals surface area contributed by atoms with Crippen LogP contribution < -0.4 is 15.8 Å². The van der Waals surface area contributed by atoms with E-state index < -0.39 is 5.54 Å². The first kappa shape index (κ1) is 15.9. The van der Waals surface area contributed by atoms with Gasteiger partial charge in [-0.25, -0.2) is 0 Å². The number of hydrogen-bond acceptors (Lipinski definition) is 4. The number of likely N-dealkylation sites (N-methyl/N-ethyl adjacent to an activating group) is 1. The van der Waals surface area contributed by atoms with Crippen molar-refractivity contribution in [1.29, 1.82) is 0 Å². The van der Waals surface area contributed by atoms with Gasteiger partial charge in [-0.05, 0) is 56.8 Å². The zero-order chi connectivity index (χ0) is 14.3. The standard InChI is InChI=1S/C14H22N2O2S/c1-14(16-2,13(15)17)9-4-10-19-12-7-5-11(18-3)6-8-12/h5-8,16H,4,9-10H2,1-3H3,(H2,15,17). The van der Waals surface area contributed by atoms with Gasteiger partial charge in [0, 0.05) is 4.90 Å². The molecule has 1 rings (SSSR count). The van der Waals surface area contributed by atoms with Crippen molar-refractivity contribution in [3.05, 3.63) is 24.3 Å². The van der Waals surface area contributed by atoms with Crippen molar-refractivity contribution in [2.45, 2.75) is 30.2 Å². The molecule has 0 aliphatic rings. The molecule has 0 aliphatic carbocycles. The summed E-state index contributed by atoms with van der Waals surface area (Å²) in [4.78, 5) is 12.5. The largest absolute Gasteiger partial charge is 0.497 e. The second-order valence-electron chi connectivity index (χ2n) is 4.57. The van der Waals surface area contributed by atoms with Gasteiger partial charge in [0.15, 0.2) is 0 Å². The van der Waals surface area contributed by atoms with Crippen LogP contribution in [0.3, 0.4) is 0 Å². The third kappa shape index (κ3) is 4.76. The second kappa shape index (κ2) is 7.40. The van der Waals surface area contributed by atoms with Crippen LogP contribution in [-0.4, -0.2) is 31.4 Å². The number of amides is 1. The van der Waals surface area contributed by atoms with Crippen molar-refractivity contribution in [1.82, 2.24) is 5.32 Å². The molecule has 0 saturated heterocycles. The van der Waals surface area contributed by atoms with Crippen LogP contribution in [0.4, 0.5) is 0 Å². The second-order valence-corrected chi connectivity index (χ2v) is 5.74. The SMILES string of the molecule is CNC(C)(CCCSc1ccc(OC)cc1)C(N)=O. The molecular formula is C14H22N2O2S. The quantitative estimate of drug-likeness (QED) is 0.565. The first-order valence-electron chi connectivity index (χ1n) is 6.27. The number of thioether (sulfide) groups is 1. The highest BCUT2D eigenvalue weighted by Crippen LogP contribution is 2.23. The molecule has 0 aliphatic heterocycles. The summed E-state index contributed by atoms with van der Waals surface area (Å²) >= 11 is 1.77. The van der Waals surface area contributed by atoms with Crippen molar-refractivity contribution in [2.75, 3.05) is 19.9 Å². The fraction of sp³-hybridized carbons (Fsp3) is 0.500. The van der Waals surface area contributed by atoms with Gasteiger partial charge >= 0.3 is 0 Å². The van der Waals surface area contributed by atoms with E-state index in [0.717, 1.165) is 24.3 Å². The van der Waals surface area contributed by atoms with E-state index in [1.54, 1.807) is 25.9 Å². The lowest BCUT2D eigenvalue weighted by molar-refractivity contribution is -0.123. The Labute approximate surface area is 119 Å². The molecule has 4 nitrogen and oxygen atoms in total. The maximum Gasteiger partial charge on any atom is 0.237 e. The van der Waals surface area contributed by atoms with Crippen LogP contribution in [0, 0.1) is 0 Å². The first-order chi connectivity index (χ1) is 9.01. The fourth-order valence-corrected chi connectivity index (χ4v) is 2.51. The Kier molecular flexibility index (Phi) is 6.18. The minimum Gasteiger partial charge on any atom is -0.497 e. The Hall–Kier alpha value is -1.20. The Morgan fingerprint density at radius 2 is 2.05 bits per heavy atom. The van der Waals surface area contributed by atoms with Gasteiger partial charge in [0.05, 0.1) is 12.6 Å². The van der Waals surface area contributed by atoms with Crippen LogP contribution in [0.2, 0.25) is 0 Å². The minimum absolute atomic E-state index is 0.301. The number of hydrogen-bond donors (Lipinski definition) is 2. The highest BCUT2D eigenvalue weighted by molar-refractivity contribution is 7.99. The van der Waals surface area contributed by atoms with Crippen molar-refractivity contribution in [2.24, 2.45) is 5.73 Å². The van der Waals surface area contributed by atoms with Crippen molar-refractivity contribution >= 4 is 17.7 Å². The summed E-state index contributed by atoms with van der Waals surface area (Å²) in [7, 11) is 3.42. The van der Waals surface area contributed by atoms with E-state index in [9.17, 15) is 4.79 Å². The molecule has 0 heterocycles. The first-order valence-corrected chi connectivity index (χ1v) is 7.26. The third-order valence-electron chi connectivity index (χ3n) is 3.24. The Morgan fingerprint density at radius 3 is 2.53 bits per heavy atom. The zero-order valence-electron chi connectivity index (χ0n) is 11.7. The molecule has 5 heteroatoms. The smallest absolute Gasteiger partial charge is 0.237 e. The monoisotopic (exact) mass is 282 g/mol. The predicted octanol–water partition coefficient (Wildman–Crippen LogP) is 2.03. The molecule has 3 N–H and O–H groups in total. The third-order valence-corrected chi connectivity index (χ3v) is 4.34. The van der Waals surface area contributed by atoms with E-state index >= 15 is 0 Å². The predicted molar refractivity (Wildman–Crippen MR) is 79.6 cm³/mol. The summed E-state index contributed by atoms with van der Waals surface area (Å²) < 4.78 is 5.11. The van der Waals surface area contributed by atoms with Gasteiger partial charge in [0.25, 0.3) is 0 Å². The minimum atomic E-state index is -0.611. The molecule has 1 atom stereocenters. The average Bonchev–Trinajstić information content (AvgIpc) is 2.43. The van der Waals surface area contributed by atoms with Gasteiger partial charge < -0.3 is 15.8 Å². The van der Waals surface area contributed by atoms with Gasteiger partial charge in [-0.1, -0.05) is 0 Å². The lowest BCUT2D eigenvalue weighted by atomic mass is 9.96. The number of carbonyl (C=O) groups is 1. The number of ether oxygens (including phenoxy) is 1.